The van der Waals surface area contributed by atoms with Crippen LogP contribution in [0.1, 0.15) is 25.5 Å². The smallest absolute Gasteiger partial charge is 0.311 e. The average Bonchev–Trinajstić information content (AvgIpc) is 2.46. The fraction of sp³-hybridized carbons (Fsp3) is 0.267. The van der Waals surface area contributed by atoms with E-state index in [-0.39, 0.29) is 29.3 Å². The predicted molar refractivity (Wildman–Crippen MR) is 78.5 cm³/mol. The summed E-state index contributed by atoms with van der Waals surface area (Å²) in [6.45, 7) is 3.96. The lowest BCUT2D eigenvalue weighted by Crippen LogP contribution is -2.18. The average molecular weight is 289 g/mol. The Kier molecular flexibility index (Phi) is 4.47. The quantitative estimate of drug-likeness (QED) is 0.668. The number of rotatable bonds is 5. The zero-order valence-electron chi connectivity index (χ0n) is 11.8. The largest absolute Gasteiger partial charge is 0.357 e. The van der Waals surface area contributed by atoms with Crippen molar-refractivity contribution in [3.63, 3.8) is 0 Å². The second kappa shape index (κ2) is 6.30. The van der Waals surface area contributed by atoms with Gasteiger partial charge < -0.3 is 5.32 Å². The number of aromatic nitrogens is 1. The SMILES string of the molecule is CC(C)C(Nc1ncccc1[N+](=O)[O-])c1ccc(F)cc1. The van der Waals surface area contributed by atoms with Gasteiger partial charge in [0.25, 0.3) is 0 Å². The Balaban J connectivity index is 2.33. The summed E-state index contributed by atoms with van der Waals surface area (Å²) < 4.78 is 13.0. The van der Waals surface area contributed by atoms with E-state index in [2.05, 4.69) is 10.3 Å². The standard InChI is InChI=1S/C15H16FN3O2/c1-10(2)14(11-5-7-12(16)8-6-11)18-15-13(19(20)21)4-3-9-17-15/h3-10,14H,1-2H3,(H,17,18). The molecule has 1 N–H and O–H groups in total. The van der Waals surface area contributed by atoms with Crippen molar-refractivity contribution < 1.29 is 9.31 Å². The van der Waals surface area contributed by atoms with Crippen LogP contribution >= 0.6 is 0 Å². The van der Waals surface area contributed by atoms with Crippen molar-refractivity contribution in [3.8, 4) is 0 Å². The summed E-state index contributed by atoms with van der Waals surface area (Å²) in [4.78, 5) is 14.6. The highest BCUT2D eigenvalue weighted by molar-refractivity contribution is 5.56. The first kappa shape index (κ1) is 14.9. The number of nitrogens with one attached hydrogen (secondary N) is 1. The monoisotopic (exact) mass is 289 g/mol. The van der Waals surface area contributed by atoms with Crippen LogP contribution in [0, 0.1) is 21.8 Å². The zero-order chi connectivity index (χ0) is 15.4. The van der Waals surface area contributed by atoms with E-state index >= 15 is 0 Å². The van der Waals surface area contributed by atoms with Crippen LogP contribution in [-0.4, -0.2) is 9.91 Å². The molecule has 0 radical (unpaired) electrons. The number of benzene rings is 1. The van der Waals surface area contributed by atoms with Gasteiger partial charge in [-0.1, -0.05) is 26.0 Å². The van der Waals surface area contributed by atoms with Crippen molar-refractivity contribution in [2.75, 3.05) is 5.32 Å². The second-order valence-corrected chi connectivity index (χ2v) is 5.05. The highest BCUT2D eigenvalue weighted by Crippen LogP contribution is 2.30. The van der Waals surface area contributed by atoms with Crippen molar-refractivity contribution >= 4 is 11.5 Å². The fourth-order valence-corrected chi connectivity index (χ4v) is 2.11. The molecule has 110 valence electrons. The van der Waals surface area contributed by atoms with E-state index in [1.165, 1.54) is 30.5 Å². The molecule has 1 unspecified atom stereocenters. The topological polar surface area (TPSA) is 68.1 Å². The summed E-state index contributed by atoms with van der Waals surface area (Å²) in [5, 5.41) is 14.1. The van der Waals surface area contributed by atoms with Gasteiger partial charge in [0.2, 0.25) is 5.82 Å². The first-order chi connectivity index (χ1) is 9.99. The van der Waals surface area contributed by atoms with Crippen LogP contribution in [0.25, 0.3) is 0 Å². The van der Waals surface area contributed by atoms with Gasteiger partial charge in [-0.3, -0.25) is 10.1 Å². The van der Waals surface area contributed by atoms with Gasteiger partial charge in [-0.15, -0.1) is 0 Å². The second-order valence-electron chi connectivity index (χ2n) is 5.05. The van der Waals surface area contributed by atoms with E-state index in [9.17, 15) is 14.5 Å². The summed E-state index contributed by atoms with van der Waals surface area (Å²) in [6, 6.07) is 8.81. The summed E-state index contributed by atoms with van der Waals surface area (Å²) in [5.74, 6) is 0.0488. The Morgan fingerprint density at radius 1 is 1.24 bits per heavy atom. The van der Waals surface area contributed by atoms with Crippen LogP contribution in [0.3, 0.4) is 0 Å². The van der Waals surface area contributed by atoms with Gasteiger partial charge in [0.15, 0.2) is 0 Å². The van der Waals surface area contributed by atoms with Crippen LogP contribution < -0.4 is 5.32 Å². The number of hydrogen-bond acceptors (Lipinski definition) is 4. The van der Waals surface area contributed by atoms with E-state index in [0.717, 1.165) is 5.56 Å². The molecule has 1 aromatic heterocycles. The normalized spacial score (nSPS) is 12.2. The molecule has 1 atom stereocenters. The summed E-state index contributed by atoms with van der Waals surface area (Å²) in [5.41, 5.74) is 0.775. The Bertz CT molecular complexity index is 629. The van der Waals surface area contributed by atoms with Gasteiger partial charge in [-0.2, -0.15) is 0 Å². The molecule has 1 heterocycles. The predicted octanol–water partition coefficient (Wildman–Crippen LogP) is 3.94. The minimum absolute atomic E-state index is 0.0785. The van der Waals surface area contributed by atoms with Crippen molar-refractivity contribution in [2.45, 2.75) is 19.9 Å². The molecule has 2 aromatic rings. The third kappa shape index (κ3) is 3.53. The number of hydrogen-bond donors (Lipinski definition) is 1. The van der Waals surface area contributed by atoms with Gasteiger partial charge in [-0.25, -0.2) is 9.37 Å². The molecule has 0 spiro atoms. The van der Waals surface area contributed by atoms with Crippen molar-refractivity contribution in [3.05, 3.63) is 64.1 Å². The zero-order valence-corrected chi connectivity index (χ0v) is 11.8. The molecule has 21 heavy (non-hydrogen) atoms. The molecule has 0 aliphatic rings. The van der Waals surface area contributed by atoms with Crippen LogP contribution in [0.15, 0.2) is 42.6 Å². The van der Waals surface area contributed by atoms with Crippen molar-refractivity contribution in [2.24, 2.45) is 5.92 Å². The molecule has 0 aliphatic carbocycles. The van der Waals surface area contributed by atoms with Crippen molar-refractivity contribution in [1.29, 1.82) is 0 Å². The lowest BCUT2D eigenvalue weighted by atomic mass is 9.96. The lowest BCUT2D eigenvalue weighted by Gasteiger charge is -2.23. The molecule has 0 fully saturated rings. The van der Waals surface area contributed by atoms with E-state index in [0.29, 0.717) is 0 Å². The molecule has 1 aromatic carbocycles. The Morgan fingerprint density at radius 2 is 1.90 bits per heavy atom. The molecule has 2 rings (SSSR count). The Morgan fingerprint density at radius 3 is 2.48 bits per heavy atom. The molecule has 0 aliphatic heterocycles. The number of nitrogens with zero attached hydrogens (tertiary/aromatic N) is 2. The third-order valence-electron chi connectivity index (χ3n) is 3.17. The van der Waals surface area contributed by atoms with Crippen molar-refractivity contribution in [1.82, 2.24) is 4.98 Å². The third-order valence-corrected chi connectivity index (χ3v) is 3.17. The molecule has 0 bridgehead atoms. The van der Waals surface area contributed by atoms with Gasteiger partial charge in [-0.05, 0) is 29.7 Å². The van der Waals surface area contributed by atoms with Gasteiger partial charge in [0, 0.05) is 12.3 Å². The number of halogens is 1. The summed E-state index contributed by atoms with van der Waals surface area (Å²) in [6.07, 6.45) is 1.50. The molecular formula is C15H16FN3O2. The summed E-state index contributed by atoms with van der Waals surface area (Å²) >= 11 is 0. The highest BCUT2D eigenvalue weighted by atomic mass is 19.1. The number of pyridine rings is 1. The maximum absolute atomic E-state index is 13.0. The number of nitro groups is 1. The van der Waals surface area contributed by atoms with Gasteiger partial charge >= 0.3 is 5.69 Å². The molecule has 5 nitrogen and oxygen atoms in total. The van der Waals surface area contributed by atoms with Crippen LogP contribution in [0.5, 0.6) is 0 Å². The van der Waals surface area contributed by atoms with Gasteiger partial charge in [0.05, 0.1) is 11.0 Å². The molecule has 0 saturated carbocycles. The van der Waals surface area contributed by atoms with E-state index < -0.39 is 4.92 Å². The Hall–Kier alpha value is -2.50. The Labute approximate surface area is 122 Å². The molecule has 0 saturated heterocycles. The van der Waals surface area contributed by atoms with Crippen LogP contribution in [0.2, 0.25) is 0 Å². The minimum Gasteiger partial charge on any atom is -0.357 e. The summed E-state index contributed by atoms with van der Waals surface area (Å²) in [7, 11) is 0. The van der Waals surface area contributed by atoms with E-state index in [1.54, 1.807) is 12.1 Å². The lowest BCUT2D eigenvalue weighted by molar-refractivity contribution is -0.384. The first-order valence-electron chi connectivity index (χ1n) is 6.60. The highest BCUT2D eigenvalue weighted by Gasteiger charge is 2.21. The molecule has 0 amide bonds. The van der Waals surface area contributed by atoms with Crippen LogP contribution in [-0.2, 0) is 0 Å². The van der Waals surface area contributed by atoms with Crippen LogP contribution in [0.4, 0.5) is 15.9 Å². The van der Waals surface area contributed by atoms with E-state index in [1.807, 2.05) is 13.8 Å². The maximum Gasteiger partial charge on any atom is 0.311 e. The maximum atomic E-state index is 13.0. The molecule has 6 heteroatoms. The minimum atomic E-state index is -0.475. The molecular weight excluding hydrogens is 273 g/mol. The van der Waals surface area contributed by atoms with E-state index in [4.69, 9.17) is 0 Å². The number of anilines is 1. The fourth-order valence-electron chi connectivity index (χ4n) is 2.11. The first-order valence-corrected chi connectivity index (χ1v) is 6.60. The van der Waals surface area contributed by atoms with Gasteiger partial charge in [0.1, 0.15) is 5.82 Å².